The highest BCUT2D eigenvalue weighted by Crippen LogP contribution is 2.21. The van der Waals surface area contributed by atoms with Gasteiger partial charge in [-0.25, -0.2) is 0 Å². The topological polar surface area (TPSA) is 26.0 Å². The van der Waals surface area contributed by atoms with Crippen molar-refractivity contribution in [2.24, 2.45) is 5.73 Å². The monoisotopic (exact) mass is 229 g/mol. The predicted molar refractivity (Wildman–Crippen MR) is 74.9 cm³/mol. The maximum atomic E-state index is 5.86. The molecule has 0 aliphatic rings. The number of nitrogens with two attached hydrogens (primary N) is 1. The summed E-state index contributed by atoms with van der Waals surface area (Å²) in [6.45, 7) is 8.76. The number of rotatable bonds is 2. The maximum absolute atomic E-state index is 5.86. The van der Waals surface area contributed by atoms with E-state index in [-0.39, 0.29) is 11.5 Å². The molecule has 0 spiro atoms. The largest absolute Gasteiger partial charge is 0.318 e. The van der Waals surface area contributed by atoms with Gasteiger partial charge in [0.15, 0.2) is 0 Å². The molecule has 1 aromatic carbocycles. The lowest BCUT2D eigenvalue weighted by atomic mass is 9.87. The molecule has 1 rings (SSSR count). The lowest BCUT2D eigenvalue weighted by Crippen LogP contribution is -2.16. The Bertz CT molecular complexity index is 398. The minimum atomic E-state index is 0.00212. The van der Waals surface area contributed by atoms with E-state index < -0.39 is 0 Å². The smallest absolute Gasteiger partial charge is 0.0668 e. The van der Waals surface area contributed by atoms with Crippen LogP contribution in [0, 0.1) is 11.8 Å². The molecule has 0 radical (unpaired) electrons. The summed E-state index contributed by atoms with van der Waals surface area (Å²) >= 11 is 0. The number of hydrogen-bond acceptors (Lipinski definition) is 1. The molecule has 0 aliphatic carbocycles. The Morgan fingerprint density at radius 1 is 1.18 bits per heavy atom. The quantitative estimate of drug-likeness (QED) is 0.772. The Kier molecular flexibility index (Phi) is 4.78. The van der Waals surface area contributed by atoms with E-state index in [1.807, 2.05) is 0 Å². The third-order valence-corrected chi connectivity index (χ3v) is 2.75. The van der Waals surface area contributed by atoms with Crippen LogP contribution in [0.25, 0.3) is 0 Å². The molecule has 0 heterocycles. The molecule has 0 saturated heterocycles. The average molecular weight is 229 g/mol. The molecule has 17 heavy (non-hydrogen) atoms. The molecular formula is C16H23N. The van der Waals surface area contributed by atoms with E-state index in [9.17, 15) is 0 Å². The second-order valence-electron chi connectivity index (χ2n) is 5.49. The Morgan fingerprint density at radius 2 is 1.76 bits per heavy atom. The van der Waals surface area contributed by atoms with Gasteiger partial charge in [-0.05, 0) is 29.5 Å². The van der Waals surface area contributed by atoms with Crippen LogP contribution in [-0.4, -0.2) is 6.04 Å². The molecule has 0 bridgehead atoms. The standard InChI is InChI=1S/C16H23N/c1-5-6-15(17)12-9-13-7-10-14(11-8-13)16(2,3)4/h7-8,10-11,15H,5-6,17H2,1-4H3. The van der Waals surface area contributed by atoms with E-state index in [4.69, 9.17) is 5.73 Å². The summed E-state index contributed by atoms with van der Waals surface area (Å²) in [4.78, 5) is 0. The fourth-order valence-corrected chi connectivity index (χ4v) is 1.61. The first-order valence-electron chi connectivity index (χ1n) is 6.31. The molecule has 0 aromatic heterocycles. The Balaban J connectivity index is 2.75. The highest BCUT2D eigenvalue weighted by Gasteiger charge is 2.12. The van der Waals surface area contributed by atoms with Gasteiger partial charge in [0.1, 0.15) is 0 Å². The van der Waals surface area contributed by atoms with Crippen LogP contribution in [-0.2, 0) is 5.41 Å². The van der Waals surface area contributed by atoms with Crippen LogP contribution in [0.2, 0.25) is 0 Å². The molecule has 0 fully saturated rings. The predicted octanol–water partition coefficient (Wildman–Crippen LogP) is 3.46. The van der Waals surface area contributed by atoms with Crippen LogP contribution in [0.15, 0.2) is 24.3 Å². The van der Waals surface area contributed by atoms with Crippen LogP contribution in [0.5, 0.6) is 0 Å². The van der Waals surface area contributed by atoms with Gasteiger partial charge >= 0.3 is 0 Å². The summed E-state index contributed by atoms with van der Waals surface area (Å²) in [7, 11) is 0. The Morgan fingerprint density at radius 3 is 2.24 bits per heavy atom. The van der Waals surface area contributed by atoms with Crippen LogP contribution in [0.3, 0.4) is 0 Å². The van der Waals surface area contributed by atoms with Crippen LogP contribution >= 0.6 is 0 Å². The van der Waals surface area contributed by atoms with E-state index >= 15 is 0 Å². The van der Waals surface area contributed by atoms with Crippen molar-refractivity contribution in [3.05, 3.63) is 35.4 Å². The van der Waals surface area contributed by atoms with E-state index in [0.717, 1.165) is 18.4 Å². The van der Waals surface area contributed by atoms with Gasteiger partial charge in [-0.3, -0.25) is 0 Å². The highest BCUT2D eigenvalue weighted by atomic mass is 14.6. The van der Waals surface area contributed by atoms with Gasteiger partial charge in [0.05, 0.1) is 6.04 Å². The van der Waals surface area contributed by atoms with Crippen molar-refractivity contribution < 1.29 is 0 Å². The zero-order chi connectivity index (χ0) is 12.9. The minimum Gasteiger partial charge on any atom is -0.318 e. The summed E-state index contributed by atoms with van der Waals surface area (Å²) in [6, 6.07) is 8.45. The van der Waals surface area contributed by atoms with Gasteiger partial charge in [0.25, 0.3) is 0 Å². The van der Waals surface area contributed by atoms with Crippen molar-refractivity contribution in [1.82, 2.24) is 0 Å². The molecule has 0 saturated carbocycles. The van der Waals surface area contributed by atoms with Gasteiger partial charge in [0.2, 0.25) is 0 Å². The first-order chi connectivity index (χ1) is 7.93. The number of hydrogen-bond donors (Lipinski definition) is 1. The molecular weight excluding hydrogens is 206 g/mol. The molecule has 1 unspecified atom stereocenters. The van der Waals surface area contributed by atoms with Gasteiger partial charge in [-0.1, -0.05) is 58.1 Å². The van der Waals surface area contributed by atoms with Gasteiger partial charge in [-0.2, -0.15) is 0 Å². The third-order valence-electron chi connectivity index (χ3n) is 2.75. The first-order valence-corrected chi connectivity index (χ1v) is 6.31. The van der Waals surface area contributed by atoms with Gasteiger partial charge < -0.3 is 5.73 Å². The Labute approximate surface area is 105 Å². The van der Waals surface area contributed by atoms with Crippen molar-refractivity contribution >= 4 is 0 Å². The summed E-state index contributed by atoms with van der Waals surface area (Å²) in [5.74, 6) is 6.22. The molecule has 2 N–H and O–H groups in total. The molecule has 1 aromatic rings. The Hall–Kier alpha value is -1.26. The fraction of sp³-hybridized carbons (Fsp3) is 0.500. The van der Waals surface area contributed by atoms with Crippen molar-refractivity contribution in [2.45, 2.75) is 52.0 Å². The second-order valence-corrected chi connectivity index (χ2v) is 5.49. The van der Waals surface area contributed by atoms with Crippen LogP contribution in [0.1, 0.15) is 51.7 Å². The minimum absolute atomic E-state index is 0.00212. The molecule has 0 aliphatic heterocycles. The molecule has 1 atom stereocenters. The zero-order valence-corrected chi connectivity index (χ0v) is 11.4. The normalized spacial score (nSPS) is 12.8. The van der Waals surface area contributed by atoms with Crippen LogP contribution in [0.4, 0.5) is 0 Å². The summed E-state index contributed by atoms with van der Waals surface area (Å²) in [5, 5.41) is 0. The zero-order valence-electron chi connectivity index (χ0n) is 11.4. The third kappa shape index (κ3) is 4.63. The van der Waals surface area contributed by atoms with E-state index in [2.05, 4.69) is 63.8 Å². The maximum Gasteiger partial charge on any atom is 0.0668 e. The fourth-order valence-electron chi connectivity index (χ4n) is 1.61. The molecule has 1 heteroatoms. The SMILES string of the molecule is CCCC(N)C#Cc1ccc(C(C)(C)C)cc1. The molecule has 0 amide bonds. The van der Waals surface area contributed by atoms with Gasteiger partial charge in [-0.15, -0.1) is 0 Å². The second kappa shape index (κ2) is 5.89. The van der Waals surface area contributed by atoms with Crippen molar-refractivity contribution in [1.29, 1.82) is 0 Å². The summed E-state index contributed by atoms with van der Waals surface area (Å²) in [5.41, 5.74) is 8.44. The summed E-state index contributed by atoms with van der Waals surface area (Å²) < 4.78 is 0. The average Bonchev–Trinajstić information content (AvgIpc) is 2.26. The van der Waals surface area contributed by atoms with Crippen molar-refractivity contribution in [2.75, 3.05) is 0 Å². The molecule has 92 valence electrons. The van der Waals surface area contributed by atoms with E-state index in [1.165, 1.54) is 5.56 Å². The lowest BCUT2D eigenvalue weighted by Gasteiger charge is -2.18. The highest BCUT2D eigenvalue weighted by molar-refractivity contribution is 5.38. The first kappa shape index (κ1) is 13.8. The van der Waals surface area contributed by atoms with Crippen molar-refractivity contribution in [3.8, 4) is 11.8 Å². The lowest BCUT2D eigenvalue weighted by molar-refractivity contribution is 0.590. The molecule has 1 nitrogen and oxygen atoms in total. The van der Waals surface area contributed by atoms with E-state index in [0.29, 0.717) is 0 Å². The van der Waals surface area contributed by atoms with Crippen LogP contribution < -0.4 is 5.73 Å². The van der Waals surface area contributed by atoms with E-state index in [1.54, 1.807) is 0 Å². The van der Waals surface area contributed by atoms with Crippen molar-refractivity contribution in [3.63, 3.8) is 0 Å². The van der Waals surface area contributed by atoms with Gasteiger partial charge in [0, 0.05) is 5.56 Å². The summed E-state index contributed by atoms with van der Waals surface area (Å²) in [6.07, 6.45) is 2.05. The number of benzene rings is 1.